The summed E-state index contributed by atoms with van der Waals surface area (Å²) in [6.07, 6.45) is -3.88. The third-order valence-corrected chi connectivity index (χ3v) is 2.90. The molecule has 0 radical (unpaired) electrons. The van der Waals surface area contributed by atoms with E-state index in [1.54, 1.807) is 0 Å². The van der Waals surface area contributed by atoms with Crippen LogP contribution in [-0.2, 0) is 6.18 Å². The van der Waals surface area contributed by atoms with Gasteiger partial charge >= 0.3 is 11.9 Å². The number of carbonyl (C=O) groups is 1. The Labute approximate surface area is 125 Å². The molecule has 0 atom stereocenters. The minimum atomic E-state index is -4.70. The van der Waals surface area contributed by atoms with Gasteiger partial charge in [-0.1, -0.05) is 11.6 Å². The van der Waals surface area contributed by atoms with Crippen LogP contribution < -0.4 is 5.32 Å². The number of rotatable bonds is 3. The minimum absolute atomic E-state index is 0.217. The second kappa shape index (κ2) is 5.64. The number of hydrogen-bond donors (Lipinski definition) is 2. The maximum absolute atomic E-state index is 12.7. The lowest BCUT2D eigenvalue weighted by Gasteiger charge is -2.11. The van der Waals surface area contributed by atoms with Crippen molar-refractivity contribution in [3.8, 4) is 0 Å². The van der Waals surface area contributed by atoms with Gasteiger partial charge in [-0.25, -0.2) is 0 Å². The van der Waals surface area contributed by atoms with Crippen LogP contribution in [0.25, 0.3) is 0 Å². The second-order valence-electron chi connectivity index (χ2n) is 4.03. The SMILES string of the molecule is O=C(Nc1ccc(Cl)c(C(F)(F)F)c1)c1[nH]ncc1[N+](=O)[O-]. The standard InChI is InChI=1S/C11H6ClF3N4O3/c12-7-2-1-5(3-6(7)11(13,14)15)17-10(20)9-8(19(21)22)4-16-18-9/h1-4H,(H,16,18)(H,17,20). The number of hydrogen-bond acceptors (Lipinski definition) is 4. The number of nitrogens with zero attached hydrogens (tertiary/aromatic N) is 2. The van der Waals surface area contributed by atoms with Gasteiger partial charge in [0.2, 0.25) is 5.69 Å². The van der Waals surface area contributed by atoms with E-state index >= 15 is 0 Å². The van der Waals surface area contributed by atoms with Crippen LogP contribution in [0.1, 0.15) is 16.1 Å². The number of H-pyrrole nitrogens is 1. The van der Waals surface area contributed by atoms with Crippen LogP contribution in [-0.4, -0.2) is 21.0 Å². The number of benzene rings is 1. The van der Waals surface area contributed by atoms with Crippen molar-refractivity contribution in [1.82, 2.24) is 10.2 Å². The number of anilines is 1. The Morgan fingerprint density at radius 3 is 2.68 bits per heavy atom. The lowest BCUT2D eigenvalue weighted by atomic mass is 10.2. The summed E-state index contributed by atoms with van der Waals surface area (Å²) in [5.74, 6) is -1.00. The quantitative estimate of drug-likeness (QED) is 0.664. The highest BCUT2D eigenvalue weighted by molar-refractivity contribution is 6.31. The van der Waals surface area contributed by atoms with Crippen molar-refractivity contribution in [3.63, 3.8) is 0 Å². The maximum Gasteiger partial charge on any atom is 0.417 e. The van der Waals surface area contributed by atoms with Crippen LogP contribution >= 0.6 is 11.6 Å². The van der Waals surface area contributed by atoms with Gasteiger partial charge in [0, 0.05) is 5.69 Å². The van der Waals surface area contributed by atoms with E-state index in [2.05, 4.69) is 15.5 Å². The molecule has 0 saturated carbocycles. The summed E-state index contributed by atoms with van der Waals surface area (Å²) >= 11 is 5.45. The molecule has 2 rings (SSSR count). The van der Waals surface area contributed by atoms with Crippen LogP contribution in [0.3, 0.4) is 0 Å². The Kier molecular flexibility index (Phi) is 4.04. The number of halogens is 4. The van der Waals surface area contributed by atoms with E-state index < -0.39 is 39.0 Å². The number of aromatic amines is 1. The van der Waals surface area contributed by atoms with Crippen molar-refractivity contribution in [2.45, 2.75) is 6.18 Å². The van der Waals surface area contributed by atoms with Gasteiger partial charge in [0.15, 0.2) is 0 Å². The van der Waals surface area contributed by atoms with E-state index in [-0.39, 0.29) is 5.69 Å². The fraction of sp³-hybridized carbons (Fsp3) is 0.0909. The van der Waals surface area contributed by atoms with Gasteiger partial charge in [-0.05, 0) is 18.2 Å². The summed E-state index contributed by atoms with van der Waals surface area (Å²) in [6.45, 7) is 0. The van der Waals surface area contributed by atoms with E-state index in [0.29, 0.717) is 6.07 Å². The predicted octanol–water partition coefficient (Wildman–Crippen LogP) is 3.24. The smallest absolute Gasteiger partial charge is 0.320 e. The first kappa shape index (κ1) is 15.8. The second-order valence-corrected chi connectivity index (χ2v) is 4.44. The molecule has 0 aliphatic carbocycles. The van der Waals surface area contributed by atoms with Crippen LogP contribution in [0.5, 0.6) is 0 Å². The topological polar surface area (TPSA) is 101 Å². The van der Waals surface area contributed by atoms with Crippen molar-refractivity contribution in [1.29, 1.82) is 0 Å². The normalized spacial score (nSPS) is 11.3. The molecule has 116 valence electrons. The predicted molar refractivity (Wildman–Crippen MR) is 69.6 cm³/mol. The zero-order valence-corrected chi connectivity index (χ0v) is 11.2. The van der Waals surface area contributed by atoms with Crippen molar-refractivity contribution < 1.29 is 22.9 Å². The summed E-state index contributed by atoms with van der Waals surface area (Å²) < 4.78 is 38.1. The summed E-state index contributed by atoms with van der Waals surface area (Å²) in [6, 6.07) is 2.72. The molecule has 7 nitrogen and oxygen atoms in total. The van der Waals surface area contributed by atoms with Gasteiger partial charge in [0.25, 0.3) is 5.91 Å². The Morgan fingerprint density at radius 1 is 1.41 bits per heavy atom. The van der Waals surface area contributed by atoms with Crippen molar-refractivity contribution in [2.75, 3.05) is 5.32 Å². The van der Waals surface area contributed by atoms with Gasteiger partial charge in [0.1, 0.15) is 6.20 Å². The molecule has 0 unspecified atom stereocenters. The van der Waals surface area contributed by atoms with Gasteiger partial charge in [-0.3, -0.25) is 20.0 Å². The van der Waals surface area contributed by atoms with Crippen molar-refractivity contribution in [2.24, 2.45) is 0 Å². The van der Waals surface area contributed by atoms with Gasteiger partial charge in [-0.2, -0.15) is 18.3 Å². The van der Waals surface area contributed by atoms with E-state index in [0.717, 1.165) is 18.3 Å². The first-order valence-corrected chi connectivity index (χ1v) is 5.94. The van der Waals surface area contributed by atoms with Crippen LogP contribution in [0, 0.1) is 10.1 Å². The number of aromatic nitrogens is 2. The molecule has 0 bridgehead atoms. The molecule has 2 N–H and O–H groups in total. The lowest BCUT2D eigenvalue weighted by molar-refractivity contribution is -0.385. The molecule has 22 heavy (non-hydrogen) atoms. The Morgan fingerprint density at radius 2 is 2.09 bits per heavy atom. The summed E-state index contributed by atoms with van der Waals surface area (Å²) in [5.41, 5.74) is -2.42. The fourth-order valence-electron chi connectivity index (χ4n) is 1.60. The Bertz CT molecular complexity index is 744. The number of nitro groups is 1. The van der Waals surface area contributed by atoms with E-state index in [4.69, 9.17) is 11.6 Å². The average Bonchev–Trinajstić information content (AvgIpc) is 2.89. The van der Waals surface area contributed by atoms with Gasteiger partial charge in [0.05, 0.1) is 15.5 Å². The van der Waals surface area contributed by atoms with E-state index in [1.165, 1.54) is 0 Å². The molecule has 2 aromatic rings. The van der Waals surface area contributed by atoms with E-state index in [1.807, 2.05) is 0 Å². The first-order valence-electron chi connectivity index (χ1n) is 5.56. The largest absolute Gasteiger partial charge is 0.417 e. The minimum Gasteiger partial charge on any atom is -0.320 e. The highest BCUT2D eigenvalue weighted by Crippen LogP contribution is 2.36. The summed E-state index contributed by atoms with van der Waals surface area (Å²) in [7, 11) is 0. The first-order chi connectivity index (χ1) is 10.2. The third kappa shape index (κ3) is 3.17. The monoisotopic (exact) mass is 334 g/mol. The van der Waals surface area contributed by atoms with Gasteiger partial charge < -0.3 is 5.32 Å². The maximum atomic E-state index is 12.7. The van der Waals surface area contributed by atoms with Gasteiger partial charge in [-0.15, -0.1) is 0 Å². The van der Waals surface area contributed by atoms with Crippen molar-refractivity contribution >= 4 is 28.9 Å². The molecular weight excluding hydrogens is 329 g/mol. The Hall–Kier alpha value is -2.62. The molecule has 0 spiro atoms. The molecule has 0 saturated heterocycles. The molecule has 1 heterocycles. The number of alkyl halides is 3. The molecule has 0 aliphatic heterocycles. The van der Waals surface area contributed by atoms with Crippen LogP contribution in [0.15, 0.2) is 24.4 Å². The lowest BCUT2D eigenvalue weighted by Crippen LogP contribution is -2.15. The fourth-order valence-corrected chi connectivity index (χ4v) is 1.82. The number of amides is 1. The summed E-state index contributed by atoms with van der Waals surface area (Å²) in [4.78, 5) is 21.7. The van der Waals surface area contributed by atoms with Crippen LogP contribution in [0.2, 0.25) is 5.02 Å². The zero-order valence-electron chi connectivity index (χ0n) is 10.4. The number of nitrogens with one attached hydrogen (secondary N) is 2. The highest BCUT2D eigenvalue weighted by Gasteiger charge is 2.33. The number of carbonyl (C=O) groups excluding carboxylic acids is 1. The van der Waals surface area contributed by atoms with Crippen molar-refractivity contribution in [3.05, 3.63) is 50.8 Å². The highest BCUT2D eigenvalue weighted by atomic mass is 35.5. The Balaban J connectivity index is 2.29. The molecule has 11 heteroatoms. The molecule has 1 amide bonds. The summed E-state index contributed by atoms with van der Waals surface area (Å²) in [5, 5.41) is 17.7. The molecule has 0 aliphatic rings. The van der Waals surface area contributed by atoms with Crippen LogP contribution in [0.4, 0.5) is 24.5 Å². The molecule has 1 aromatic carbocycles. The molecule has 0 fully saturated rings. The third-order valence-electron chi connectivity index (χ3n) is 2.57. The average molecular weight is 335 g/mol. The van der Waals surface area contributed by atoms with E-state index in [9.17, 15) is 28.1 Å². The molecular formula is C11H6ClF3N4O3. The molecule has 1 aromatic heterocycles. The zero-order chi connectivity index (χ0) is 16.5.